The second-order valence-electron chi connectivity index (χ2n) is 4.58. The number of hydrogen-bond donors (Lipinski definition) is 1. The number of hydrogen-bond acceptors (Lipinski definition) is 3. The molecule has 2 rings (SSSR count). The zero-order valence-corrected chi connectivity index (χ0v) is 11.9. The first-order valence-corrected chi connectivity index (χ1v) is 6.65. The van der Waals surface area contributed by atoms with E-state index < -0.39 is 0 Å². The molecular weight excluding hydrogens is 272 g/mol. The maximum Gasteiger partial charge on any atom is 0.138 e. The molecule has 3 nitrogen and oxygen atoms in total. The summed E-state index contributed by atoms with van der Waals surface area (Å²) >= 11 is 6.17. The third-order valence-corrected chi connectivity index (χ3v) is 3.23. The molecular formula is C16H15ClN2O. The minimum absolute atomic E-state index is 0.0612. The van der Waals surface area contributed by atoms with Crippen LogP contribution < -0.4 is 10.5 Å². The van der Waals surface area contributed by atoms with Crippen LogP contribution in [0.25, 0.3) is 0 Å². The molecule has 0 fully saturated rings. The van der Waals surface area contributed by atoms with Crippen molar-refractivity contribution in [1.29, 1.82) is 5.26 Å². The molecule has 0 aliphatic rings. The summed E-state index contributed by atoms with van der Waals surface area (Å²) < 4.78 is 5.67. The average Bonchev–Trinajstić information content (AvgIpc) is 2.46. The molecule has 0 spiro atoms. The van der Waals surface area contributed by atoms with Gasteiger partial charge in [0.15, 0.2) is 0 Å². The number of benzene rings is 2. The van der Waals surface area contributed by atoms with E-state index in [-0.39, 0.29) is 6.04 Å². The van der Waals surface area contributed by atoms with Gasteiger partial charge in [0, 0.05) is 6.04 Å². The van der Waals surface area contributed by atoms with Crippen LogP contribution in [0, 0.1) is 11.3 Å². The fourth-order valence-electron chi connectivity index (χ4n) is 1.81. The molecule has 2 N–H and O–H groups in total. The molecule has 2 aromatic rings. The molecule has 0 amide bonds. The molecule has 102 valence electrons. The molecule has 1 unspecified atom stereocenters. The van der Waals surface area contributed by atoms with Crippen molar-refractivity contribution < 1.29 is 4.74 Å². The Morgan fingerprint density at radius 1 is 1.30 bits per heavy atom. The molecule has 20 heavy (non-hydrogen) atoms. The zero-order chi connectivity index (χ0) is 14.5. The minimum Gasteiger partial charge on any atom is -0.487 e. The third kappa shape index (κ3) is 3.51. The van der Waals surface area contributed by atoms with Crippen LogP contribution in [0.15, 0.2) is 42.5 Å². The highest BCUT2D eigenvalue weighted by molar-refractivity contribution is 6.32. The lowest BCUT2D eigenvalue weighted by Crippen LogP contribution is -2.05. The van der Waals surface area contributed by atoms with Gasteiger partial charge < -0.3 is 10.5 Å². The van der Waals surface area contributed by atoms with E-state index in [4.69, 9.17) is 27.3 Å². The summed E-state index contributed by atoms with van der Waals surface area (Å²) in [6.07, 6.45) is 0. The highest BCUT2D eigenvalue weighted by Gasteiger charge is 2.06. The van der Waals surface area contributed by atoms with Crippen molar-refractivity contribution >= 4 is 11.6 Å². The largest absolute Gasteiger partial charge is 0.487 e. The lowest BCUT2D eigenvalue weighted by molar-refractivity contribution is 0.306. The first kappa shape index (κ1) is 14.4. The van der Waals surface area contributed by atoms with Gasteiger partial charge in [0.25, 0.3) is 0 Å². The van der Waals surface area contributed by atoms with Crippen molar-refractivity contribution in [2.45, 2.75) is 19.6 Å². The van der Waals surface area contributed by atoms with E-state index in [2.05, 4.69) is 6.07 Å². The molecule has 0 bridgehead atoms. The molecule has 0 saturated heterocycles. The minimum atomic E-state index is -0.0612. The summed E-state index contributed by atoms with van der Waals surface area (Å²) in [5.74, 6) is 0.610. The van der Waals surface area contributed by atoms with Gasteiger partial charge in [-0.2, -0.15) is 5.26 Å². The Kier molecular flexibility index (Phi) is 4.62. The lowest BCUT2D eigenvalue weighted by atomic mass is 10.1. The Bertz CT molecular complexity index is 647. The standard InChI is InChI=1S/C16H15ClN2O/c1-11(19)14-5-6-16(15(17)8-14)20-10-13-4-2-3-12(7-13)9-18/h2-8,11H,10,19H2,1H3. The molecule has 4 heteroatoms. The van der Waals surface area contributed by atoms with Gasteiger partial charge in [-0.1, -0.05) is 29.8 Å². The van der Waals surface area contributed by atoms with Crippen LogP contribution >= 0.6 is 11.6 Å². The number of nitriles is 1. The topological polar surface area (TPSA) is 59.0 Å². The van der Waals surface area contributed by atoms with Crippen molar-refractivity contribution in [1.82, 2.24) is 0 Å². The smallest absolute Gasteiger partial charge is 0.138 e. The Hall–Kier alpha value is -2.02. The van der Waals surface area contributed by atoms with E-state index in [9.17, 15) is 0 Å². The molecule has 0 aliphatic carbocycles. The van der Waals surface area contributed by atoms with Crippen LogP contribution in [-0.2, 0) is 6.61 Å². The quantitative estimate of drug-likeness (QED) is 0.930. The van der Waals surface area contributed by atoms with Gasteiger partial charge in [-0.25, -0.2) is 0 Å². The van der Waals surface area contributed by atoms with Crippen molar-refractivity contribution in [2.75, 3.05) is 0 Å². The number of halogens is 1. The van der Waals surface area contributed by atoms with Crippen molar-refractivity contribution in [3.8, 4) is 11.8 Å². The second-order valence-corrected chi connectivity index (χ2v) is 4.99. The predicted molar refractivity (Wildman–Crippen MR) is 79.5 cm³/mol. The van der Waals surface area contributed by atoms with Gasteiger partial charge in [0.2, 0.25) is 0 Å². The molecule has 0 aliphatic heterocycles. The Balaban J connectivity index is 2.09. The van der Waals surface area contributed by atoms with Crippen LogP contribution in [-0.4, -0.2) is 0 Å². The number of ether oxygens (including phenoxy) is 1. The first-order valence-electron chi connectivity index (χ1n) is 6.27. The monoisotopic (exact) mass is 286 g/mol. The molecule has 1 atom stereocenters. The normalized spacial score (nSPS) is 11.7. The van der Waals surface area contributed by atoms with E-state index in [1.54, 1.807) is 12.1 Å². The maximum atomic E-state index is 8.85. The van der Waals surface area contributed by atoms with Crippen LogP contribution in [0.5, 0.6) is 5.75 Å². The van der Waals surface area contributed by atoms with Crippen LogP contribution in [0.1, 0.15) is 29.7 Å². The number of nitrogens with zero attached hydrogens (tertiary/aromatic N) is 1. The van der Waals surface area contributed by atoms with E-state index in [1.165, 1.54) is 0 Å². The molecule has 0 radical (unpaired) electrons. The highest BCUT2D eigenvalue weighted by Crippen LogP contribution is 2.28. The summed E-state index contributed by atoms with van der Waals surface area (Å²) in [6, 6.07) is 14.9. The molecule has 0 aromatic heterocycles. The first-order chi connectivity index (χ1) is 9.60. The van der Waals surface area contributed by atoms with E-state index in [1.807, 2.05) is 37.3 Å². The van der Waals surface area contributed by atoms with Gasteiger partial charge >= 0.3 is 0 Å². The molecule has 0 saturated carbocycles. The van der Waals surface area contributed by atoms with E-state index in [0.29, 0.717) is 22.9 Å². The van der Waals surface area contributed by atoms with Crippen molar-refractivity contribution in [3.63, 3.8) is 0 Å². The SMILES string of the molecule is CC(N)c1ccc(OCc2cccc(C#N)c2)c(Cl)c1. The predicted octanol–water partition coefficient (Wildman–Crippen LogP) is 3.81. The van der Waals surface area contributed by atoms with E-state index >= 15 is 0 Å². The summed E-state index contributed by atoms with van der Waals surface area (Å²) in [7, 11) is 0. The summed E-state index contributed by atoms with van der Waals surface area (Å²) in [5, 5.41) is 9.39. The van der Waals surface area contributed by atoms with Crippen molar-refractivity contribution in [3.05, 3.63) is 64.2 Å². The third-order valence-electron chi connectivity index (χ3n) is 2.93. The highest BCUT2D eigenvalue weighted by atomic mass is 35.5. The van der Waals surface area contributed by atoms with Crippen LogP contribution in [0.4, 0.5) is 0 Å². The van der Waals surface area contributed by atoms with Gasteiger partial charge in [-0.15, -0.1) is 0 Å². The molecule has 0 heterocycles. The van der Waals surface area contributed by atoms with Gasteiger partial charge in [-0.3, -0.25) is 0 Å². The number of rotatable bonds is 4. The summed E-state index contributed by atoms with van der Waals surface area (Å²) in [5.41, 5.74) is 8.31. The van der Waals surface area contributed by atoms with E-state index in [0.717, 1.165) is 11.1 Å². The van der Waals surface area contributed by atoms with Crippen LogP contribution in [0.3, 0.4) is 0 Å². The van der Waals surface area contributed by atoms with Gasteiger partial charge in [-0.05, 0) is 42.3 Å². The summed E-state index contributed by atoms with van der Waals surface area (Å²) in [6.45, 7) is 2.27. The Morgan fingerprint density at radius 2 is 2.10 bits per heavy atom. The van der Waals surface area contributed by atoms with Gasteiger partial charge in [0.1, 0.15) is 12.4 Å². The average molecular weight is 287 g/mol. The fraction of sp³-hybridized carbons (Fsp3) is 0.188. The Labute approximate surface area is 123 Å². The van der Waals surface area contributed by atoms with Crippen molar-refractivity contribution in [2.24, 2.45) is 5.73 Å². The van der Waals surface area contributed by atoms with Gasteiger partial charge in [0.05, 0.1) is 16.7 Å². The molecule has 2 aromatic carbocycles. The fourth-order valence-corrected chi connectivity index (χ4v) is 2.05. The lowest BCUT2D eigenvalue weighted by Gasteiger charge is -2.11. The second kappa shape index (κ2) is 6.42. The summed E-state index contributed by atoms with van der Waals surface area (Å²) in [4.78, 5) is 0. The number of nitrogens with two attached hydrogens (primary N) is 1. The zero-order valence-electron chi connectivity index (χ0n) is 11.1. The maximum absolute atomic E-state index is 8.85. The van der Waals surface area contributed by atoms with Crippen LogP contribution in [0.2, 0.25) is 5.02 Å². The Morgan fingerprint density at radius 3 is 2.75 bits per heavy atom.